The van der Waals surface area contributed by atoms with Gasteiger partial charge in [-0.15, -0.1) is 0 Å². The summed E-state index contributed by atoms with van der Waals surface area (Å²) in [4.78, 5) is 16.9. The molecule has 3 aromatic carbocycles. The van der Waals surface area contributed by atoms with Gasteiger partial charge in [-0.25, -0.2) is 4.98 Å². The van der Waals surface area contributed by atoms with Crippen molar-refractivity contribution in [2.45, 2.75) is 6.42 Å². The Morgan fingerprint density at radius 3 is 2.63 bits per heavy atom. The van der Waals surface area contributed by atoms with E-state index in [4.69, 9.17) is 9.47 Å². The molecule has 6 nitrogen and oxygen atoms in total. The predicted octanol–water partition coefficient (Wildman–Crippen LogP) is 3.77. The smallest absolute Gasteiger partial charge is 0.251 e. The fourth-order valence-corrected chi connectivity index (χ4v) is 3.60. The van der Waals surface area contributed by atoms with E-state index in [1.165, 1.54) is 0 Å². The van der Waals surface area contributed by atoms with Gasteiger partial charge in [0, 0.05) is 17.8 Å². The second-order valence-electron chi connectivity index (χ2n) is 7.13. The van der Waals surface area contributed by atoms with Crippen LogP contribution < -0.4 is 14.8 Å². The minimum absolute atomic E-state index is 0.0883. The van der Waals surface area contributed by atoms with Crippen LogP contribution in [0.25, 0.3) is 16.7 Å². The van der Waals surface area contributed by atoms with Crippen molar-refractivity contribution >= 4 is 16.9 Å². The number of fused-ring (bicyclic) bond motifs is 2. The lowest BCUT2D eigenvalue weighted by Gasteiger charge is -2.18. The topological polar surface area (TPSA) is 65.4 Å². The summed E-state index contributed by atoms with van der Waals surface area (Å²) in [5, 5.41) is 2.98. The highest BCUT2D eigenvalue weighted by Gasteiger charge is 2.12. The number of aromatic nitrogens is 2. The largest absolute Gasteiger partial charge is 0.486 e. The zero-order valence-electron chi connectivity index (χ0n) is 16.4. The molecule has 1 N–H and O–H groups in total. The number of nitrogens with zero attached hydrogens (tertiary/aromatic N) is 2. The first-order chi connectivity index (χ1) is 14.8. The number of ether oxygens (including phenoxy) is 2. The molecule has 0 bridgehead atoms. The lowest BCUT2D eigenvalue weighted by molar-refractivity contribution is 0.0954. The fourth-order valence-electron chi connectivity index (χ4n) is 3.60. The van der Waals surface area contributed by atoms with Gasteiger partial charge < -0.3 is 14.8 Å². The summed E-state index contributed by atoms with van der Waals surface area (Å²) in [5.74, 6) is 1.46. The second kappa shape index (κ2) is 7.91. The van der Waals surface area contributed by atoms with Gasteiger partial charge in [-0.1, -0.05) is 18.2 Å². The summed E-state index contributed by atoms with van der Waals surface area (Å²) < 4.78 is 13.2. The van der Waals surface area contributed by atoms with Gasteiger partial charge in [0.1, 0.15) is 19.5 Å². The van der Waals surface area contributed by atoms with E-state index >= 15 is 0 Å². The van der Waals surface area contributed by atoms with Gasteiger partial charge in [0.2, 0.25) is 0 Å². The van der Waals surface area contributed by atoms with Gasteiger partial charge in [0.15, 0.2) is 11.5 Å². The second-order valence-corrected chi connectivity index (χ2v) is 7.13. The molecule has 0 fully saturated rings. The Labute approximate surface area is 174 Å². The first-order valence-corrected chi connectivity index (χ1v) is 9.97. The highest BCUT2D eigenvalue weighted by atomic mass is 16.6. The van der Waals surface area contributed by atoms with E-state index in [9.17, 15) is 4.79 Å². The SMILES string of the molecule is O=C(NCCc1ccc2c(c1)OCCO2)c1ccc(-n2cnc3ccccc32)cc1. The summed E-state index contributed by atoms with van der Waals surface area (Å²) in [5.41, 5.74) is 4.68. The zero-order valence-corrected chi connectivity index (χ0v) is 16.4. The van der Waals surface area contributed by atoms with E-state index in [1.54, 1.807) is 6.33 Å². The summed E-state index contributed by atoms with van der Waals surface area (Å²) in [7, 11) is 0. The van der Waals surface area contributed by atoms with Crippen molar-refractivity contribution in [3.8, 4) is 17.2 Å². The third-order valence-corrected chi connectivity index (χ3v) is 5.17. The van der Waals surface area contributed by atoms with Crippen LogP contribution in [-0.2, 0) is 6.42 Å². The Morgan fingerprint density at radius 2 is 1.77 bits per heavy atom. The molecular weight excluding hydrogens is 378 g/mol. The van der Waals surface area contributed by atoms with Crippen LogP contribution in [0.4, 0.5) is 0 Å². The molecule has 1 aliphatic rings. The minimum atomic E-state index is -0.0883. The Morgan fingerprint density at radius 1 is 0.967 bits per heavy atom. The number of para-hydroxylation sites is 2. The van der Waals surface area contributed by atoms with Crippen LogP contribution in [0.1, 0.15) is 15.9 Å². The van der Waals surface area contributed by atoms with Crippen LogP contribution in [0.15, 0.2) is 73.1 Å². The van der Waals surface area contributed by atoms with Crippen LogP contribution in [-0.4, -0.2) is 35.2 Å². The lowest BCUT2D eigenvalue weighted by atomic mass is 10.1. The Bertz CT molecular complexity index is 1200. The predicted molar refractivity (Wildman–Crippen MR) is 115 cm³/mol. The molecule has 1 aromatic heterocycles. The van der Waals surface area contributed by atoms with Crippen molar-refractivity contribution in [2.24, 2.45) is 0 Å². The molecule has 30 heavy (non-hydrogen) atoms. The van der Waals surface area contributed by atoms with Crippen LogP contribution in [0, 0.1) is 0 Å². The minimum Gasteiger partial charge on any atom is -0.486 e. The number of rotatable bonds is 5. The van der Waals surface area contributed by atoms with Gasteiger partial charge in [-0.3, -0.25) is 9.36 Å². The van der Waals surface area contributed by atoms with Crippen molar-refractivity contribution in [1.29, 1.82) is 0 Å². The van der Waals surface area contributed by atoms with E-state index in [0.29, 0.717) is 25.3 Å². The van der Waals surface area contributed by atoms with Crippen LogP contribution in [0.2, 0.25) is 0 Å². The van der Waals surface area contributed by atoms with Crippen LogP contribution in [0.3, 0.4) is 0 Å². The maximum Gasteiger partial charge on any atom is 0.251 e. The highest BCUT2D eigenvalue weighted by molar-refractivity contribution is 5.94. The summed E-state index contributed by atoms with van der Waals surface area (Å²) >= 11 is 0. The van der Waals surface area contributed by atoms with Crippen molar-refractivity contribution in [3.63, 3.8) is 0 Å². The van der Waals surface area contributed by atoms with E-state index < -0.39 is 0 Å². The Hall–Kier alpha value is -3.80. The van der Waals surface area contributed by atoms with Crippen molar-refractivity contribution in [2.75, 3.05) is 19.8 Å². The van der Waals surface area contributed by atoms with E-state index in [-0.39, 0.29) is 5.91 Å². The maximum atomic E-state index is 12.5. The number of carbonyl (C=O) groups is 1. The molecule has 0 spiro atoms. The van der Waals surface area contributed by atoms with E-state index in [2.05, 4.69) is 10.3 Å². The van der Waals surface area contributed by atoms with Crippen LogP contribution >= 0.6 is 0 Å². The molecule has 0 unspecified atom stereocenters. The summed E-state index contributed by atoms with van der Waals surface area (Å²) in [6.45, 7) is 1.70. The molecule has 5 rings (SSSR count). The van der Waals surface area contributed by atoms with Crippen molar-refractivity contribution in [3.05, 3.63) is 84.2 Å². The van der Waals surface area contributed by atoms with Gasteiger partial charge in [-0.05, 0) is 60.5 Å². The first-order valence-electron chi connectivity index (χ1n) is 9.97. The summed E-state index contributed by atoms with van der Waals surface area (Å²) in [6.07, 6.45) is 2.52. The molecule has 150 valence electrons. The number of imidazole rings is 1. The molecular formula is C24H21N3O3. The zero-order chi connectivity index (χ0) is 20.3. The number of carbonyl (C=O) groups excluding carboxylic acids is 1. The Kier molecular flexibility index (Phi) is 4.81. The van der Waals surface area contributed by atoms with E-state index in [1.807, 2.05) is 71.3 Å². The number of amides is 1. The first kappa shape index (κ1) is 18.2. The number of hydrogen-bond acceptors (Lipinski definition) is 4. The van der Waals surface area contributed by atoms with Gasteiger partial charge in [-0.2, -0.15) is 0 Å². The monoisotopic (exact) mass is 399 g/mol. The average Bonchev–Trinajstić information content (AvgIpc) is 3.23. The average molecular weight is 399 g/mol. The third kappa shape index (κ3) is 3.59. The highest BCUT2D eigenvalue weighted by Crippen LogP contribution is 2.30. The normalized spacial score (nSPS) is 12.7. The molecule has 1 aliphatic heterocycles. The van der Waals surface area contributed by atoms with E-state index in [0.717, 1.165) is 40.2 Å². The maximum absolute atomic E-state index is 12.5. The fraction of sp³-hybridized carbons (Fsp3) is 0.167. The van der Waals surface area contributed by atoms with Gasteiger partial charge in [0.05, 0.1) is 11.0 Å². The van der Waals surface area contributed by atoms with Crippen LogP contribution in [0.5, 0.6) is 11.5 Å². The standard InChI is InChI=1S/C24H21N3O3/c28-24(25-12-11-17-5-10-22-23(15-17)30-14-13-29-22)18-6-8-19(9-7-18)27-16-26-20-3-1-2-4-21(20)27/h1-10,15-16H,11-14H2,(H,25,28). The summed E-state index contributed by atoms with van der Waals surface area (Å²) in [6, 6.07) is 21.4. The molecule has 0 atom stereocenters. The molecule has 4 aromatic rings. The van der Waals surface area contributed by atoms with Gasteiger partial charge in [0.25, 0.3) is 5.91 Å². The molecule has 6 heteroatoms. The molecule has 0 saturated carbocycles. The molecule has 0 radical (unpaired) electrons. The van der Waals surface area contributed by atoms with Gasteiger partial charge >= 0.3 is 0 Å². The number of nitrogens with one attached hydrogen (secondary N) is 1. The molecule has 0 saturated heterocycles. The number of hydrogen-bond donors (Lipinski definition) is 1. The number of benzene rings is 3. The third-order valence-electron chi connectivity index (χ3n) is 5.17. The Balaban J connectivity index is 1.21. The molecule has 0 aliphatic carbocycles. The van der Waals surface area contributed by atoms with Crippen molar-refractivity contribution < 1.29 is 14.3 Å². The quantitative estimate of drug-likeness (QED) is 0.555. The lowest BCUT2D eigenvalue weighted by Crippen LogP contribution is -2.25. The molecule has 1 amide bonds. The van der Waals surface area contributed by atoms with Crippen molar-refractivity contribution in [1.82, 2.24) is 14.9 Å². The molecule has 2 heterocycles.